The number of hydrogen-bond acceptors (Lipinski definition) is 4. The third-order valence-corrected chi connectivity index (χ3v) is 2.71. The van der Waals surface area contributed by atoms with Gasteiger partial charge in [0.15, 0.2) is 0 Å². The van der Waals surface area contributed by atoms with E-state index in [9.17, 15) is 4.79 Å². The lowest BCUT2D eigenvalue weighted by atomic mass is 10.1. The highest BCUT2D eigenvalue weighted by atomic mass is 16.5. The SMILES string of the molecule is CCn1cnnc1C1(C(=O)OC)CC1. The molecule has 76 valence electrons. The van der Waals surface area contributed by atoms with Crippen LogP contribution < -0.4 is 0 Å². The fourth-order valence-corrected chi connectivity index (χ4v) is 1.70. The van der Waals surface area contributed by atoms with Crippen LogP contribution in [0, 0.1) is 0 Å². The number of rotatable bonds is 3. The summed E-state index contributed by atoms with van der Waals surface area (Å²) in [6.45, 7) is 2.78. The molecule has 1 saturated carbocycles. The minimum absolute atomic E-state index is 0.194. The van der Waals surface area contributed by atoms with Gasteiger partial charge in [-0.25, -0.2) is 0 Å². The van der Waals surface area contributed by atoms with E-state index in [1.165, 1.54) is 7.11 Å². The van der Waals surface area contributed by atoms with Crippen LogP contribution in [0.3, 0.4) is 0 Å². The Labute approximate surface area is 82.1 Å². The van der Waals surface area contributed by atoms with Crippen LogP contribution in [0.5, 0.6) is 0 Å². The lowest BCUT2D eigenvalue weighted by Crippen LogP contribution is -2.25. The first-order chi connectivity index (χ1) is 6.74. The lowest BCUT2D eigenvalue weighted by molar-refractivity contribution is -0.144. The van der Waals surface area contributed by atoms with Gasteiger partial charge in [-0.05, 0) is 19.8 Å². The lowest BCUT2D eigenvalue weighted by Gasteiger charge is -2.12. The average molecular weight is 195 g/mol. The molecule has 1 aliphatic carbocycles. The van der Waals surface area contributed by atoms with E-state index >= 15 is 0 Å². The zero-order chi connectivity index (χ0) is 10.2. The molecule has 1 aromatic heterocycles. The van der Waals surface area contributed by atoms with Crippen LogP contribution in [0.1, 0.15) is 25.6 Å². The molecule has 0 radical (unpaired) electrons. The van der Waals surface area contributed by atoms with E-state index in [1.807, 2.05) is 11.5 Å². The predicted octanol–water partition coefficient (Wildman–Crippen LogP) is 0.503. The van der Waals surface area contributed by atoms with Gasteiger partial charge in [-0.2, -0.15) is 0 Å². The van der Waals surface area contributed by atoms with Crippen molar-refractivity contribution in [3.8, 4) is 0 Å². The van der Waals surface area contributed by atoms with Crippen molar-refractivity contribution < 1.29 is 9.53 Å². The summed E-state index contributed by atoms with van der Waals surface area (Å²) in [5.74, 6) is 0.548. The summed E-state index contributed by atoms with van der Waals surface area (Å²) in [6, 6.07) is 0. The van der Waals surface area contributed by atoms with Crippen LogP contribution in [-0.4, -0.2) is 27.8 Å². The van der Waals surface area contributed by atoms with E-state index in [2.05, 4.69) is 10.2 Å². The number of carbonyl (C=O) groups is 1. The van der Waals surface area contributed by atoms with Crippen molar-refractivity contribution in [2.75, 3.05) is 7.11 Å². The van der Waals surface area contributed by atoms with E-state index < -0.39 is 5.41 Å². The molecule has 2 rings (SSSR count). The standard InChI is InChI=1S/C9H13N3O2/c1-3-12-6-10-11-7(12)9(4-5-9)8(13)14-2/h6H,3-5H2,1-2H3. The molecule has 0 atom stereocenters. The Bertz CT molecular complexity index is 355. The Morgan fingerprint density at radius 1 is 1.71 bits per heavy atom. The highest BCUT2D eigenvalue weighted by molar-refractivity contribution is 5.85. The van der Waals surface area contributed by atoms with Gasteiger partial charge in [-0.15, -0.1) is 10.2 Å². The van der Waals surface area contributed by atoms with Gasteiger partial charge >= 0.3 is 5.97 Å². The smallest absolute Gasteiger partial charge is 0.319 e. The highest BCUT2D eigenvalue weighted by Gasteiger charge is 2.56. The number of aryl methyl sites for hydroxylation is 1. The highest BCUT2D eigenvalue weighted by Crippen LogP contribution is 2.48. The molecule has 1 heterocycles. The monoisotopic (exact) mass is 195 g/mol. The number of esters is 1. The number of carbonyl (C=O) groups excluding carboxylic acids is 1. The van der Waals surface area contributed by atoms with Crippen molar-refractivity contribution >= 4 is 5.97 Å². The van der Waals surface area contributed by atoms with Gasteiger partial charge in [0, 0.05) is 6.54 Å². The van der Waals surface area contributed by atoms with Crippen molar-refractivity contribution in [1.29, 1.82) is 0 Å². The molecule has 5 heteroatoms. The molecule has 1 aromatic rings. The molecule has 0 N–H and O–H groups in total. The van der Waals surface area contributed by atoms with Crippen LogP contribution in [-0.2, 0) is 21.5 Å². The van der Waals surface area contributed by atoms with Crippen LogP contribution in [0.25, 0.3) is 0 Å². The molecular formula is C9H13N3O2. The third-order valence-electron chi connectivity index (χ3n) is 2.71. The number of nitrogens with zero attached hydrogens (tertiary/aromatic N) is 3. The van der Waals surface area contributed by atoms with Crippen LogP contribution in [0.2, 0.25) is 0 Å². The van der Waals surface area contributed by atoms with E-state index in [4.69, 9.17) is 4.74 Å². The maximum Gasteiger partial charge on any atom is 0.319 e. The van der Waals surface area contributed by atoms with E-state index in [1.54, 1.807) is 6.33 Å². The summed E-state index contributed by atoms with van der Waals surface area (Å²) in [5.41, 5.74) is -0.499. The molecule has 0 amide bonds. The molecule has 5 nitrogen and oxygen atoms in total. The summed E-state index contributed by atoms with van der Waals surface area (Å²) in [7, 11) is 1.41. The second-order valence-electron chi connectivity index (χ2n) is 3.51. The van der Waals surface area contributed by atoms with Crippen molar-refractivity contribution in [3.05, 3.63) is 12.2 Å². The van der Waals surface area contributed by atoms with Gasteiger partial charge in [-0.1, -0.05) is 0 Å². The molecule has 0 saturated heterocycles. The minimum Gasteiger partial charge on any atom is -0.468 e. The first kappa shape index (κ1) is 9.18. The van der Waals surface area contributed by atoms with Crippen LogP contribution >= 0.6 is 0 Å². The predicted molar refractivity (Wildman–Crippen MR) is 48.6 cm³/mol. The Kier molecular flexibility index (Phi) is 2.02. The van der Waals surface area contributed by atoms with Crippen molar-refractivity contribution in [3.63, 3.8) is 0 Å². The summed E-state index contributed by atoms with van der Waals surface area (Å²) in [4.78, 5) is 11.6. The van der Waals surface area contributed by atoms with Crippen molar-refractivity contribution in [1.82, 2.24) is 14.8 Å². The van der Waals surface area contributed by atoms with Gasteiger partial charge in [-0.3, -0.25) is 4.79 Å². The second kappa shape index (κ2) is 3.08. The minimum atomic E-state index is -0.499. The normalized spacial score (nSPS) is 17.9. The van der Waals surface area contributed by atoms with Gasteiger partial charge in [0.25, 0.3) is 0 Å². The van der Waals surface area contributed by atoms with E-state index in [0.29, 0.717) is 0 Å². The topological polar surface area (TPSA) is 57.0 Å². The summed E-state index contributed by atoms with van der Waals surface area (Å²) < 4.78 is 6.67. The Morgan fingerprint density at radius 3 is 2.93 bits per heavy atom. The Morgan fingerprint density at radius 2 is 2.43 bits per heavy atom. The summed E-state index contributed by atoms with van der Waals surface area (Å²) in [5, 5.41) is 7.82. The number of methoxy groups -OCH3 is 1. The summed E-state index contributed by atoms with van der Waals surface area (Å²) >= 11 is 0. The maximum atomic E-state index is 11.6. The van der Waals surface area contributed by atoms with E-state index in [0.717, 1.165) is 25.2 Å². The molecular weight excluding hydrogens is 182 g/mol. The quantitative estimate of drug-likeness (QED) is 0.659. The number of aromatic nitrogens is 3. The van der Waals surface area contributed by atoms with Gasteiger partial charge < -0.3 is 9.30 Å². The van der Waals surface area contributed by atoms with Gasteiger partial charge in [0.05, 0.1) is 7.11 Å². The molecule has 0 spiro atoms. The van der Waals surface area contributed by atoms with Crippen LogP contribution in [0.15, 0.2) is 6.33 Å². The molecule has 0 aliphatic heterocycles. The van der Waals surface area contributed by atoms with Crippen LogP contribution in [0.4, 0.5) is 0 Å². The first-order valence-electron chi connectivity index (χ1n) is 4.71. The van der Waals surface area contributed by atoms with Crippen molar-refractivity contribution in [2.45, 2.75) is 31.7 Å². The zero-order valence-electron chi connectivity index (χ0n) is 8.36. The Hall–Kier alpha value is -1.39. The van der Waals surface area contributed by atoms with E-state index in [-0.39, 0.29) is 5.97 Å². The second-order valence-corrected chi connectivity index (χ2v) is 3.51. The summed E-state index contributed by atoms with van der Waals surface area (Å²) in [6.07, 6.45) is 3.29. The number of ether oxygens (including phenoxy) is 1. The fraction of sp³-hybridized carbons (Fsp3) is 0.667. The Balaban J connectivity index is 2.35. The van der Waals surface area contributed by atoms with Gasteiger partial charge in [0.2, 0.25) is 0 Å². The molecule has 1 fully saturated rings. The average Bonchev–Trinajstić information content (AvgIpc) is 2.88. The number of hydrogen-bond donors (Lipinski definition) is 0. The largest absolute Gasteiger partial charge is 0.468 e. The maximum absolute atomic E-state index is 11.6. The third kappa shape index (κ3) is 1.12. The van der Waals surface area contributed by atoms with Gasteiger partial charge in [0.1, 0.15) is 17.6 Å². The molecule has 1 aliphatic rings. The van der Waals surface area contributed by atoms with Crippen molar-refractivity contribution in [2.24, 2.45) is 0 Å². The molecule has 0 unspecified atom stereocenters. The molecule has 0 aromatic carbocycles. The first-order valence-corrected chi connectivity index (χ1v) is 4.71. The zero-order valence-corrected chi connectivity index (χ0v) is 8.36. The molecule has 14 heavy (non-hydrogen) atoms. The fourth-order valence-electron chi connectivity index (χ4n) is 1.70. The molecule has 0 bridgehead atoms.